The highest BCUT2D eigenvalue weighted by molar-refractivity contribution is 5.97. The van der Waals surface area contributed by atoms with Crippen molar-refractivity contribution < 1.29 is 14.1 Å². The summed E-state index contributed by atoms with van der Waals surface area (Å²) in [5.41, 5.74) is 2.28. The van der Waals surface area contributed by atoms with E-state index in [1.807, 2.05) is 32.0 Å². The summed E-state index contributed by atoms with van der Waals surface area (Å²) < 4.78 is 11.1. The molecule has 3 rings (SSSR count). The summed E-state index contributed by atoms with van der Waals surface area (Å²) in [6.07, 6.45) is 0.939. The number of benzene rings is 1. The van der Waals surface area contributed by atoms with Gasteiger partial charge >= 0.3 is 0 Å². The smallest absolute Gasteiger partial charge is 0.255 e. The fourth-order valence-corrected chi connectivity index (χ4v) is 3.11. The van der Waals surface area contributed by atoms with E-state index < -0.39 is 0 Å². The Morgan fingerprint density at radius 1 is 1.38 bits per heavy atom. The number of piperidine rings is 1. The molecule has 2 unspecified atom stereocenters. The highest BCUT2D eigenvalue weighted by atomic mass is 35.5. The van der Waals surface area contributed by atoms with E-state index in [2.05, 4.69) is 22.7 Å². The van der Waals surface area contributed by atoms with Crippen LogP contribution in [-0.4, -0.2) is 30.2 Å². The molecular formula is C19H26ClN3O3. The van der Waals surface area contributed by atoms with Crippen LogP contribution in [0.4, 0.5) is 0 Å². The predicted molar refractivity (Wildman–Crippen MR) is 102 cm³/mol. The Kier molecular flexibility index (Phi) is 7.06. The zero-order valence-electron chi connectivity index (χ0n) is 15.4. The summed E-state index contributed by atoms with van der Waals surface area (Å²) in [5, 5.41) is 10.4. The lowest BCUT2D eigenvalue weighted by atomic mass is 9.95. The minimum absolute atomic E-state index is 0. The Bertz CT molecular complexity index is 728. The molecule has 0 bridgehead atoms. The van der Waals surface area contributed by atoms with E-state index in [1.165, 1.54) is 0 Å². The van der Waals surface area contributed by atoms with Crippen LogP contribution >= 0.6 is 12.4 Å². The van der Waals surface area contributed by atoms with Crippen molar-refractivity contribution in [2.75, 3.05) is 13.1 Å². The molecule has 0 saturated carbocycles. The summed E-state index contributed by atoms with van der Waals surface area (Å²) >= 11 is 0. The molecule has 2 N–H and O–H groups in total. The van der Waals surface area contributed by atoms with E-state index in [-0.39, 0.29) is 24.4 Å². The van der Waals surface area contributed by atoms with Gasteiger partial charge in [-0.1, -0.05) is 24.2 Å². The molecule has 2 atom stereocenters. The van der Waals surface area contributed by atoms with Crippen LogP contribution in [0.15, 0.2) is 28.8 Å². The maximum Gasteiger partial charge on any atom is 0.255 e. The van der Waals surface area contributed by atoms with Gasteiger partial charge in [0.15, 0.2) is 0 Å². The first-order chi connectivity index (χ1) is 12.1. The van der Waals surface area contributed by atoms with Crippen LogP contribution in [0.3, 0.4) is 0 Å². The maximum absolute atomic E-state index is 12.7. The average Bonchev–Trinajstić information content (AvgIpc) is 2.93. The molecule has 1 fully saturated rings. The fourth-order valence-electron chi connectivity index (χ4n) is 3.11. The van der Waals surface area contributed by atoms with Crippen molar-refractivity contribution in [1.29, 1.82) is 0 Å². The van der Waals surface area contributed by atoms with Gasteiger partial charge in [-0.25, -0.2) is 0 Å². The van der Waals surface area contributed by atoms with E-state index >= 15 is 0 Å². The number of carbonyl (C=O) groups is 1. The highest BCUT2D eigenvalue weighted by Crippen LogP contribution is 2.22. The number of hydrogen-bond acceptors (Lipinski definition) is 5. The van der Waals surface area contributed by atoms with Gasteiger partial charge in [-0.15, -0.1) is 12.4 Å². The van der Waals surface area contributed by atoms with Crippen LogP contribution in [-0.2, 0) is 6.61 Å². The van der Waals surface area contributed by atoms with E-state index in [0.29, 0.717) is 23.8 Å². The van der Waals surface area contributed by atoms with E-state index in [0.717, 1.165) is 36.5 Å². The molecule has 1 amide bonds. The van der Waals surface area contributed by atoms with Gasteiger partial charge in [0, 0.05) is 6.04 Å². The van der Waals surface area contributed by atoms with Gasteiger partial charge in [-0.05, 0) is 51.4 Å². The summed E-state index contributed by atoms with van der Waals surface area (Å²) in [7, 11) is 0. The molecule has 0 radical (unpaired) electrons. The van der Waals surface area contributed by atoms with Crippen molar-refractivity contribution in [2.45, 2.75) is 39.8 Å². The molecule has 7 heteroatoms. The van der Waals surface area contributed by atoms with Crippen LogP contribution in [0.2, 0.25) is 0 Å². The zero-order valence-corrected chi connectivity index (χ0v) is 16.2. The average molecular weight is 380 g/mol. The number of nitrogens with one attached hydrogen (secondary N) is 2. The quantitative estimate of drug-likeness (QED) is 0.835. The molecule has 6 nitrogen and oxygen atoms in total. The van der Waals surface area contributed by atoms with Crippen molar-refractivity contribution in [3.8, 4) is 5.75 Å². The number of amides is 1. The van der Waals surface area contributed by atoms with Gasteiger partial charge in [0.2, 0.25) is 0 Å². The Balaban J connectivity index is 0.00000243. The lowest BCUT2D eigenvalue weighted by molar-refractivity contribution is 0.0909. The zero-order chi connectivity index (χ0) is 17.8. The van der Waals surface area contributed by atoms with Crippen molar-refractivity contribution >= 4 is 18.3 Å². The Hall–Kier alpha value is -2.05. The van der Waals surface area contributed by atoms with Gasteiger partial charge in [0.25, 0.3) is 5.91 Å². The van der Waals surface area contributed by atoms with Gasteiger partial charge in [0.1, 0.15) is 18.1 Å². The number of aryl methyl sites for hydroxylation is 2. The molecule has 1 saturated heterocycles. The van der Waals surface area contributed by atoms with E-state index in [9.17, 15) is 4.79 Å². The molecule has 1 aromatic heterocycles. The first kappa shape index (κ1) is 20.3. The van der Waals surface area contributed by atoms with Crippen molar-refractivity contribution in [2.24, 2.45) is 5.92 Å². The number of hydrogen-bond donors (Lipinski definition) is 2. The van der Waals surface area contributed by atoms with Crippen LogP contribution in [0.1, 0.15) is 40.7 Å². The molecule has 26 heavy (non-hydrogen) atoms. The molecular weight excluding hydrogens is 354 g/mol. The standard InChI is InChI=1S/C19H25N3O3.ClH/c1-12-10-20-9-8-17(12)21-19(23)15-6-4-5-7-18(15)24-11-16-13(2)22-25-14(16)3;/h4-7,12,17,20H,8-11H2,1-3H3,(H,21,23);1H. The molecule has 2 aromatic rings. The Morgan fingerprint density at radius 3 is 2.85 bits per heavy atom. The lowest BCUT2D eigenvalue weighted by Gasteiger charge is -2.30. The van der Waals surface area contributed by atoms with Crippen molar-refractivity contribution in [3.63, 3.8) is 0 Å². The predicted octanol–water partition coefficient (Wildman–Crippen LogP) is 3.02. The van der Waals surface area contributed by atoms with Crippen LogP contribution in [0.5, 0.6) is 5.75 Å². The van der Waals surface area contributed by atoms with Crippen molar-refractivity contribution in [1.82, 2.24) is 15.8 Å². The van der Waals surface area contributed by atoms with Crippen LogP contribution in [0.25, 0.3) is 0 Å². The lowest BCUT2D eigenvalue weighted by Crippen LogP contribution is -2.48. The fraction of sp³-hybridized carbons (Fsp3) is 0.474. The minimum Gasteiger partial charge on any atom is -0.488 e. The monoisotopic (exact) mass is 379 g/mol. The third-order valence-corrected chi connectivity index (χ3v) is 4.79. The molecule has 1 aromatic carbocycles. The topological polar surface area (TPSA) is 76.4 Å². The van der Waals surface area contributed by atoms with Gasteiger partial charge < -0.3 is 19.9 Å². The number of nitrogens with zero attached hydrogens (tertiary/aromatic N) is 1. The first-order valence-corrected chi connectivity index (χ1v) is 8.71. The normalized spacial score (nSPS) is 19.5. The van der Waals surface area contributed by atoms with Gasteiger partial charge in [-0.2, -0.15) is 0 Å². The highest BCUT2D eigenvalue weighted by Gasteiger charge is 2.24. The van der Waals surface area contributed by atoms with E-state index in [1.54, 1.807) is 6.07 Å². The van der Waals surface area contributed by atoms with Crippen molar-refractivity contribution in [3.05, 3.63) is 46.8 Å². The number of aromatic nitrogens is 1. The van der Waals surface area contributed by atoms with Gasteiger partial charge in [0.05, 0.1) is 16.8 Å². The summed E-state index contributed by atoms with van der Waals surface area (Å²) in [4.78, 5) is 12.7. The van der Waals surface area contributed by atoms with Crippen LogP contribution < -0.4 is 15.4 Å². The minimum atomic E-state index is -0.0897. The molecule has 0 aliphatic carbocycles. The van der Waals surface area contributed by atoms with E-state index in [4.69, 9.17) is 9.26 Å². The Morgan fingerprint density at radius 2 is 2.15 bits per heavy atom. The first-order valence-electron chi connectivity index (χ1n) is 8.71. The molecule has 142 valence electrons. The van der Waals surface area contributed by atoms with Gasteiger partial charge in [-0.3, -0.25) is 4.79 Å². The molecule has 0 spiro atoms. The number of para-hydroxylation sites is 1. The third-order valence-electron chi connectivity index (χ3n) is 4.79. The third kappa shape index (κ3) is 4.56. The largest absolute Gasteiger partial charge is 0.488 e. The molecule has 1 aliphatic heterocycles. The second-order valence-corrected chi connectivity index (χ2v) is 6.64. The molecule has 1 aliphatic rings. The summed E-state index contributed by atoms with van der Waals surface area (Å²) in [5.74, 6) is 1.63. The Labute approximate surface area is 160 Å². The number of rotatable bonds is 5. The number of ether oxygens (including phenoxy) is 1. The summed E-state index contributed by atoms with van der Waals surface area (Å²) in [6.45, 7) is 8.07. The summed E-state index contributed by atoms with van der Waals surface area (Å²) in [6, 6.07) is 7.52. The second-order valence-electron chi connectivity index (χ2n) is 6.64. The second kappa shape index (κ2) is 9.05. The number of carbonyl (C=O) groups excluding carboxylic acids is 1. The maximum atomic E-state index is 12.7. The molecule has 2 heterocycles. The number of halogens is 1. The van der Waals surface area contributed by atoms with Crippen LogP contribution in [0, 0.1) is 19.8 Å². The SMILES string of the molecule is Cc1noc(C)c1COc1ccccc1C(=O)NC1CCNCC1C.Cl.